The third-order valence-corrected chi connectivity index (χ3v) is 5.42. The summed E-state index contributed by atoms with van der Waals surface area (Å²) in [6.07, 6.45) is 3.16. The second kappa shape index (κ2) is 12.3. The molecule has 0 saturated carbocycles. The van der Waals surface area contributed by atoms with Crippen LogP contribution in [0.5, 0.6) is 23.0 Å². The number of carbonyl (C=O) groups excluding carboxylic acids is 1. The first-order valence-electron chi connectivity index (χ1n) is 11.8. The maximum absolute atomic E-state index is 13.2. The van der Waals surface area contributed by atoms with E-state index in [9.17, 15) is 9.90 Å². The summed E-state index contributed by atoms with van der Waals surface area (Å²) < 4.78 is 17.6. The number of allylic oxidation sites excluding steroid dienone is 1. The Morgan fingerprint density at radius 2 is 1.39 bits per heavy atom. The summed E-state index contributed by atoms with van der Waals surface area (Å²) in [7, 11) is 0. The number of ether oxygens (including phenoxy) is 3. The summed E-state index contributed by atoms with van der Waals surface area (Å²) in [5.74, 6) is 1.44. The van der Waals surface area contributed by atoms with Crippen molar-refractivity contribution >= 4 is 11.9 Å². The molecular weight excluding hydrogens is 452 g/mol. The number of hydrogen-bond acceptors (Lipinski definition) is 5. The first-order chi connectivity index (χ1) is 17.6. The number of phenolic OH excluding ortho intramolecular Hbond substituents is 1. The van der Waals surface area contributed by atoms with Crippen molar-refractivity contribution < 1.29 is 24.1 Å². The molecule has 0 aliphatic carbocycles. The fraction of sp³-hybridized carbons (Fsp3) is 0.129. The van der Waals surface area contributed by atoms with E-state index in [1.807, 2.05) is 67.6 Å². The summed E-state index contributed by atoms with van der Waals surface area (Å²) >= 11 is 0. The van der Waals surface area contributed by atoms with Gasteiger partial charge in [-0.1, -0.05) is 60.7 Å². The van der Waals surface area contributed by atoms with Gasteiger partial charge in [0.1, 0.15) is 36.2 Å². The maximum atomic E-state index is 13.2. The van der Waals surface area contributed by atoms with Crippen molar-refractivity contribution in [2.45, 2.75) is 20.1 Å². The Labute approximate surface area is 211 Å². The van der Waals surface area contributed by atoms with Crippen LogP contribution in [0.4, 0.5) is 0 Å². The quantitative estimate of drug-likeness (QED) is 0.188. The van der Waals surface area contributed by atoms with Crippen LogP contribution in [0.1, 0.15) is 34.0 Å². The summed E-state index contributed by atoms with van der Waals surface area (Å²) in [6.45, 7) is 3.09. The fourth-order valence-electron chi connectivity index (χ4n) is 3.59. The molecule has 0 radical (unpaired) electrons. The lowest BCUT2D eigenvalue weighted by atomic mass is 10.1. The van der Waals surface area contributed by atoms with Gasteiger partial charge in [0.05, 0.1) is 12.2 Å². The van der Waals surface area contributed by atoms with Gasteiger partial charge in [-0.05, 0) is 54.5 Å². The number of aromatic hydroxyl groups is 1. The van der Waals surface area contributed by atoms with Crippen molar-refractivity contribution in [1.29, 1.82) is 0 Å². The predicted octanol–water partition coefficient (Wildman–Crippen LogP) is 6.85. The third-order valence-electron chi connectivity index (χ3n) is 5.42. The van der Waals surface area contributed by atoms with E-state index in [0.717, 1.165) is 11.1 Å². The van der Waals surface area contributed by atoms with Crippen LogP contribution in [0.25, 0.3) is 6.08 Å². The Morgan fingerprint density at radius 1 is 0.750 bits per heavy atom. The van der Waals surface area contributed by atoms with E-state index >= 15 is 0 Å². The van der Waals surface area contributed by atoms with Gasteiger partial charge in [-0.25, -0.2) is 0 Å². The van der Waals surface area contributed by atoms with Gasteiger partial charge in [-0.15, -0.1) is 0 Å². The lowest BCUT2D eigenvalue weighted by molar-refractivity contribution is 0.104. The largest absolute Gasteiger partial charge is 0.508 e. The Balaban J connectivity index is 1.54. The Morgan fingerprint density at radius 3 is 2.03 bits per heavy atom. The zero-order chi connectivity index (χ0) is 25.2. The minimum atomic E-state index is -0.219. The number of benzene rings is 4. The second-order valence-electron chi connectivity index (χ2n) is 8.06. The molecule has 4 aromatic rings. The minimum Gasteiger partial charge on any atom is -0.508 e. The Bertz CT molecular complexity index is 1310. The normalized spacial score (nSPS) is 10.8. The summed E-state index contributed by atoms with van der Waals surface area (Å²) in [4.78, 5) is 13.2. The van der Waals surface area contributed by atoms with Crippen molar-refractivity contribution in [2.75, 3.05) is 6.61 Å². The summed E-state index contributed by atoms with van der Waals surface area (Å²) in [5, 5.41) is 9.95. The first-order valence-corrected chi connectivity index (χ1v) is 11.8. The zero-order valence-electron chi connectivity index (χ0n) is 20.1. The molecule has 0 saturated heterocycles. The molecule has 0 heterocycles. The molecule has 4 aromatic carbocycles. The summed E-state index contributed by atoms with van der Waals surface area (Å²) in [5.41, 5.74) is 3.10. The van der Waals surface area contributed by atoms with Gasteiger partial charge in [0.2, 0.25) is 0 Å². The smallest absolute Gasteiger partial charge is 0.189 e. The topological polar surface area (TPSA) is 65.0 Å². The molecule has 5 heteroatoms. The molecule has 0 bridgehead atoms. The monoisotopic (exact) mass is 480 g/mol. The molecule has 182 valence electrons. The number of phenols is 1. The van der Waals surface area contributed by atoms with E-state index in [4.69, 9.17) is 14.2 Å². The molecule has 0 fully saturated rings. The first kappa shape index (κ1) is 24.6. The molecule has 0 spiro atoms. The highest BCUT2D eigenvalue weighted by Gasteiger charge is 2.13. The molecular formula is C31H28O5. The number of ketones is 1. The van der Waals surface area contributed by atoms with Crippen LogP contribution in [0.2, 0.25) is 0 Å². The molecule has 4 rings (SSSR count). The standard InChI is InChI=1S/C31H28O5/c1-2-34-27-16-17-28(31(20-27)36-22-24-11-7-4-8-12-24)29(33)18-14-25-13-15-26(32)19-30(25)35-21-23-9-5-3-6-10-23/h3-20,32H,2,21-22H2,1H3. The second-order valence-corrected chi connectivity index (χ2v) is 8.06. The highest BCUT2D eigenvalue weighted by molar-refractivity contribution is 6.08. The molecule has 1 N–H and O–H groups in total. The van der Waals surface area contributed by atoms with Gasteiger partial charge in [0.15, 0.2) is 5.78 Å². The number of carbonyl (C=O) groups is 1. The van der Waals surface area contributed by atoms with Crippen LogP contribution < -0.4 is 14.2 Å². The average Bonchev–Trinajstić information content (AvgIpc) is 2.91. The maximum Gasteiger partial charge on any atom is 0.189 e. The van der Waals surface area contributed by atoms with Gasteiger partial charge in [0.25, 0.3) is 0 Å². The van der Waals surface area contributed by atoms with Crippen molar-refractivity contribution in [2.24, 2.45) is 0 Å². The van der Waals surface area contributed by atoms with Crippen LogP contribution in [0, 0.1) is 0 Å². The van der Waals surface area contributed by atoms with Gasteiger partial charge >= 0.3 is 0 Å². The molecule has 0 amide bonds. The highest BCUT2D eigenvalue weighted by Crippen LogP contribution is 2.29. The van der Waals surface area contributed by atoms with Gasteiger partial charge in [-0.2, -0.15) is 0 Å². The zero-order valence-corrected chi connectivity index (χ0v) is 20.1. The van der Waals surface area contributed by atoms with E-state index < -0.39 is 0 Å². The van der Waals surface area contributed by atoms with E-state index in [-0.39, 0.29) is 11.5 Å². The van der Waals surface area contributed by atoms with Crippen molar-refractivity contribution in [3.63, 3.8) is 0 Å². The predicted molar refractivity (Wildman–Crippen MR) is 141 cm³/mol. The molecule has 0 unspecified atom stereocenters. The van der Waals surface area contributed by atoms with Crippen LogP contribution in [0.3, 0.4) is 0 Å². The van der Waals surface area contributed by atoms with Crippen LogP contribution in [-0.4, -0.2) is 17.5 Å². The minimum absolute atomic E-state index is 0.0876. The van der Waals surface area contributed by atoms with E-state index in [1.165, 1.54) is 6.08 Å². The SMILES string of the molecule is CCOc1ccc(C(=O)C=Cc2ccc(O)cc2OCc2ccccc2)c(OCc2ccccc2)c1. The molecule has 0 atom stereocenters. The molecule has 0 aliphatic heterocycles. The van der Waals surface area contributed by atoms with Gasteiger partial charge in [-0.3, -0.25) is 4.79 Å². The van der Waals surface area contributed by atoms with Crippen molar-refractivity contribution in [3.05, 3.63) is 125 Å². The lowest BCUT2D eigenvalue weighted by Crippen LogP contribution is -2.04. The summed E-state index contributed by atoms with van der Waals surface area (Å²) in [6, 6.07) is 29.5. The fourth-order valence-corrected chi connectivity index (χ4v) is 3.59. The number of rotatable bonds is 11. The van der Waals surface area contributed by atoms with Crippen molar-refractivity contribution in [3.8, 4) is 23.0 Å². The highest BCUT2D eigenvalue weighted by atomic mass is 16.5. The average molecular weight is 481 g/mol. The molecule has 0 aromatic heterocycles. The molecule has 36 heavy (non-hydrogen) atoms. The molecule has 0 aliphatic rings. The van der Waals surface area contributed by atoms with Crippen LogP contribution >= 0.6 is 0 Å². The lowest BCUT2D eigenvalue weighted by Gasteiger charge is -2.13. The van der Waals surface area contributed by atoms with Crippen molar-refractivity contribution in [1.82, 2.24) is 0 Å². The van der Waals surface area contributed by atoms with Crippen LogP contribution in [0.15, 0.2) is 103 Å². The third kappa shape index (κ3) is 6.76. The Hall–Kier alpha value is -4.51. The van der Waals surface area contributed by atoms with Gasteiger partial charge < -0.3 is 19.3 Å². The Kier molecular flexibility index (Phi) is 8.39. The van der Waals surface area contributed by atoms with E-state index in [1.54, 1.807) is 42.5 Å². The van der Waals surface area contributed by atoms with Gasteiger partial charge in [0, 0.05) is 17.7 Å². The van der Waals surface area contributed by atoms with Crippen LogP contribution in [-0.2, 0) is 13.2 Å². The van der Waals surface area contributed by atoms with E-state index in [0.29, 0.717) is 48.2 Å². The number of hydrogen-bond donors (Lipinski definition) is 1. The van der Waals surface area contributed by atoms with E-state index in [2.05, 4.69) is 0 Å². The molecule has 5 nitrogen and oxygen atoms in total.